The van der Waals surface area contributed by atoms with Gasteiger partial charge in [0.1, 0.15) is 17.6 Å². The van der Waals surface area contributed by atoms with E-state index in [0.29, 0.717) is 35.7 Å². The number of amides is 1. The van der Waals surface area contributed by atoms with Gasteiger partial charge in [-0.3, -0.25) is 9.59 Å². The molecule has 0 spiro atoms. The van der Waals surface area contributed by atoms with Crippen molar-refractivity contribution in [3.63, 3.8) is 0 Å². The first-order valence-corrected chi connectivity index (χ1v) is 11.6. The molecule has 0 saturated carbocycles. The number of rotatable bonds is 6. The van der Waals surface area contributed by atoms with E-state index in [-0.39, 0.29) is 17.4 Å². The molecule has 0 unspecified atom stereocenters. The highest BCUT2D eigenvalue weighted by Gasteiger charge is 2.46. The zero-order chi connectivity index (χ0) is 23.8. The fraction of sp³-hybridized carbons (Fsp3) is 0.269. The van der Waals surface area contributed by atoms with Gasteiger partial charge in [-0.2, -0.15) is 0 Å². The molecule has 2 aliphatic rings. The Bertz CT molecular complexity index is 1280. The summed E-state index contributed by atoms with van der Waals surface area (Å²) in [5.74, 6) is -0.747. The van der Waals surface area contributed by atoms with Gasteiger partial charge in [-0.15, -0.1) is 0 Å². The van der Waals surface area contributed by atoms with Gasteiger partial charge < -0.3 is 19.3 Å². The van der Waals surface area contributed by atoms with Gasteiger partial charge in [-0.25, -0.2) is 4.98 Å². The highest BCUT2D eigenvalue weighted by Crippen LogP contribution is 2.41. The van der Waals surface area contributed by atoms with Crippen molar-refractivity contribution >= 4 is 29.1 Å². The van der Waals surface area contributed by atoms with Crippen LogP contribution < -0.4 is 4.74 Å². The van der Waals surface area contributed by atoms with Crippen molar-refractivity contribution in [3.05, 3.63) is 88.5 Å². The largest absolute Gasteiger partial charge is 0.507 e. The molecule has 7 nitrogen and oxygen atoms in total. The van der Waals surface area contributed by atoms with E-state index in [1.807, 2.05) is 29.8 Å². The van der Waals surface area contributed by atoms with E-state index < -0.39 is 17.7 Å². The quantitative estimate of drug-likeness (QED) is 0.324. The minimum absolute atomic E-state index is 0.0555. The molecule has 5 rings (SSSR count). The minimum Gasteiger partial charge on any atom is -0.507 e. The van der Waals surface area contributed by atoms with Gasteiger partial charge in [0.25, 0.3) is 11.7 Å². The number of likely N-dealkylation sites (tertiary alicyclic amines) is 1. The van der Waals surface area contributed by atoms with Crippen molar-refractivity contribution in [2.45, 2.75) is 38.5 Å². The maximum Gasteiger partial charge on any atom is 0.295 e. The number of aromatic nitrogens is 2. The van der Waals surface area contributed by atoms with Crippen molar-refractivity contribution in [3.8, 4) is 5.75 Å². The first kappa shape index (κ1) is 22.2. The average molecular weight is 478 g/mol. The van der Waals surface area contributed by atoms with Crippen LogP contribution in [0.1, 0.15) is 36.1 Å². The smallest absolute Gasteiger partial charge is 0.295 e. The summed E-state index contributed by atoms with van der Waals surface area (Å²) < 4.78 is 7.67. The second-order valence-corrected chi connectivity index (χ2v) is 9.09. The van der Waals surface area contributed by atoms with Crippen LogP contribution in [-0.4, -0.2) is 43.9 Å². The van der Waals surface area contributed by atoms with Crippen LogP contribution in [0.3, 0.4) is 0 Å². The van der Waals surface area contributed by atoms with Crippen molar-refractivity contribution in [2.24, 2.45) is 0 Å². The SMILES string of the molecule is C[C@@H]1Cc2cc(/C(O)=C3\C(=O)C(=O)N(CCCn4ccnc4)[C@H]3c3cccc(Cl)c3)ccc2O1. The lowest BCUT2D eigenvalue weighted by molar-refractivity contribution is -0.139. The van der Waals surface area contributed by atoms with Crippen LogP contribution in [0.5, 0.6) is 5.75 Å². The van der Waals surface area contributed by atoms with Crippen molar-refractivity contribution in [1.82, 2.24) is 14.5 Å². The van der Waals surface area contributed by atoms with Gasteiger partial charge >= 0.3 is 0 Å². The summed E-state index contributed by atoms with van der Waals surface area (Å²) in [4.78, 5) is 31.9. The third-order valence-corrected chi connectivity index (χ3v) is 6.48. The molecular weight excluding hydrogens is 454 g/mol. The third kappa shape index (κ3) is 4.07. The second-order valence-electron chi connectivity index (χ2n) is 8.66. The molecule has 1 aromatic heterocycles. The van der Waals surface area contributed by atoms with Crippen LogP contribution in [0.15, 0.2) is 66.8 Å². The predicted molar refractivity (Wildman–Crippen MR) is 128 cm³/mol. The summed E-state index contributed by atoms with van der Waals surface area (Å²) in [6.07, 6.45) is 6.65. The molecule has 0 aliphatic carbocycles. The zero-order valence-electron chi connectivity index (χ0n) is 18.6. The summed E-state index contributed by atoms with van der Waals surface area (Å²) in [5.41, 5.74) is 2.20. The number of carbonyl (C=O) groups is 2. The molecule has 0 bridgehead atoms. The fourth-order valence-corrected chi connectivity index (χ4v) is 4.90. The standard InChI is InChI=1S/C26H24ClN3O4/c1-16-12-19-13-18(6-7-21(19)34-16)24(31)22-23(17-4-2-5-20(27)14-17)30(26(33)25(22)32)10-3-9-29-11-8-28-15-29/h2,4-8,11,13-16,23,31H,3,9-10,12H2,1H3/b24-22+/t16-,23+/m1/s1. The van der Waals surface area contributed by atoms with Gasteiger partial charge in [0.15, 0.2) is 0 Å². The lowest BCUT2D eigenvalue weighted by Gasteiger charge is -2.25. The summed E-state index contributed by atoms with van der Waals surface area (Å²) in [6, 6.07) is 11.7. The molecule has 2 aliphatic heterocycles. The molecule has 3 aromatic rings. The number of hydrogen-bond acceptors (Lipinski definition) is 5. The van der Waals surface area contributed by atoms with Gasteiger partial charge in [0.2, 0.25) is 0 Å². The molecule has 1 N–H and O–H groups in total. The molecule has 2 atom stereocenters. The van der Waals surface area contributed by atoms with E-state index in [0.717, 1.165) is 17.7 Å². The van der Waals surface area contributed by atoms with E-state index in [9.17, 15) is 14.7 Å². The molecule has 3 heterocycles. The van der Waals surface area contributed by atoms with Crippen LogP contribution in [0.2, 0.25) is 5.02 Å². The lowest BCUT2D eigenvalue weighted by atomic mass is 9.94. The fourth-order valence-electron chi connectivity index (χ4n) is 4.70. The van der Waals surface area contributed by atoms with E-state index in [4.69, 9.17) is 16.3 Å². The topological polar surface area (TPSA) is 84.7 Å². The number of ketones is 1. The monoisotopic (exact) mass is 477 g/mol. The Morgan fingerprint density at radius 2 is 2.06 bits per heavy atom. The molecule has 34 heavy (non-hydrogen) atoms. The highest BCUT2D eigenvalue weighted by atomic mass is 35.5. The minimum atomic E-state index is -0.732. The van der Waals surface area contributed by atoms with E-state index >= 15 is 0 Å². The van der Waals surface area contributed by atoms with Gasteiger partial charge in [0.05, 0.1) is 17.9 Å². The number of halogens is 1. The number of imidazole rings is 1. The number of nitrogens with zero attached hydrogens (tertiary/aromatic N) is 3. The molecule has 2 aromatic carbocycles. The summed E-state index contributed by atoms with van der Waals surface area (Å²) >= 11 is 6.25. The summed E-state index contributed by atoms with van der Waals surface area (Å²) in [5, 5.41) is 11.8. The van der Waals surface area contributed by atoms with Gasteiger partial charge in [-0.1, -0.05) is 23.7 Å². The van der Waals surface area contributed by atoms with Crippen LogP contribution in [-0.2, 0) is 22.6 Å². The number of Topliss-reactive ketones (excluding diaryl/α,β-unsaturated/α-hetero) is 1. The Balaban J connectivity index is 1.53. The molecule has 1 saturated heterocycles. The zero-order valence-corrected chi connectivity index (χ0v) is 19.4. The van der Waals surface area contributed by atoms with Crippen molar-refractivity contribution in [1.29, 1.82) is 0 Å². The first-order valence-electron chi connectivity index (χ1n) is 11.2. The Hall–Kier alpha value is -3.58. The second kappa shape index (κ2) is 8.99. The molecule has 8 heteroatoms. The molecule has 1 fully saturated rings. The number of benzene rings is 2. The number of aryl methyl sites for hydroxylation is 1. The Morgan fingerprint density at radius 1 is 1.21 bits per heavy atom. The van der Waals surface area contributed by atoms with Gasteiger partial charge in [0, 0.05) is 42.5 Å². The number of fused-ring (bicyclic) bond motifs is 1. The Labute approximate surface area is 202 Å². The first-order chi connectivity index (χ1) is 16.4. The predicted octanol–water partition coefficient (Wildman–Crippen LogP) is 4.37. The average Bonchev–Trinajstić information content (AvgIpc) is 3.52. The number of hydrogen-bond donors (Lipinski definition) is 1. The molecule has 0 radical (unpaired) electrons. The number of aliphatic hydroxyl groups is 1. The van der Waals surface area contributed by atoms with E-state index in [2.05, 4.69) is 4.98 Å². The van der Waals surface area contributed by atoms with E-state index in [1.165, 1.54) is 4.90 Å². The lowest BCUT2D eigenvalue weighted by Crippen LogP contribution is -2.31. The van der Waals surface area contributed by atoms with Crippen molar-refractivity contribution in [2.75, 3.05) is 6.54 Å². The van der Waals surface area contributed by atoms with Gasteiger partial charge in [-0.05, 0) is 54.8 Å². The summed E-state index contributed by atoms with van der Waals surface area (Å²) in [7, 11) is 0. The molecule has 1 amide bonds. The number of aliphatic hydroxyl groups excluding tert-OH is 1. The van der Waals surface area contributed by atoms with Crippen LogP contribution >= 0.6 is 11.6 Å². The third-order valence-electron chi connectivity index (χ3n) is 6.25. The number of carbonyl (C=O) groups excluding carboxylic acids is 2. The summed E-state index contributed by atoms with van der Waals surface area (Å²) in [6.45, 7) is 2.97. The van der Waals surface area contributed by atoms with Crippen LogP contribution in [0.4, 0.5) is 0 Å². The van der Waals surface area contributed by atoms with Crippen LogP contribution in [0, 0.1) is 0 Å². The maximum atomic E-state index is 13.2. The van der Waals surface area contributed by atoms with E-state index in [1.54, 1.807) is 42.9 Å². The normalized spacial score (nSPS) is 21.1. The Morgan fingerprint density at radius 3 is 2.82 bits per heavy atom. The molecule has 174 valence electrons. The maximum absolute atomic E-state index is 13.2. The number of ether oxygens (including phenoxy) is 1. The molecular formula is C26H24ClN3O4. The highest BCUT2D eigenvalue weighted by molar-refractivity contribution is 6.46. The van der Waals surface area contributed by atoms with Crippen molar-refractivity contribution < 1.29 is 19.4 Å². The Kier molecular flexibility index (Phi) is 5.87. The van der Waals surface area contributed by atoms with Crippen LogP contribution in [0.25, 0.3) is 5.76 Å².